The van der Waals surface area contributed by atoms with Gasteiger partial charge in [0.1, 0.15) is 5.54 Å². The Balaban J connectivity index is 1.90. The van der Waals surface area contributed by atoms with Crippen LogP contribution in [0.4, 0.5) is 0 Å². The van der Waals surface area contributed by atoms with E-state index in [0.717, 1.165) is 51.6 Å². The zero-order valence-corrected chi connectivity index (χ0v) is 12.6. The molecule has 1 amide bonds. The molecule has 1 aliphatic carbocycles. The minimum Gasteiger partial charge on any atom is -0.480 e. The zero-order valence-electron chi connectivity index (χ0n) is 12.6. The van der Waals surface area contributed by atoms with Crippen molar-refractivity contribution in [3.05, 3.63) is 0 Å². The third-order valence-corrected chi connectivity index (χ3v) is 4.74. The van der Waals surface area contributed by atoms with Gasteiger partial charge in [-0.15, -0.1) is 0 Å². The van der Waals surface area contributed by atoms with Gasteiger partial charge in [0.25, 0.3) is 0 Å². The summed E-state index contributed by atoms with van der Waals surface area (Å²) in [4.78, 5) is 26.0. The van der Waals surface area contributed by atoms with Crippen molar-refractivity contribution in [1.29, 1.82) is 0 Å². The van der Waals surface area contributed by atoms with Gasteiger partial charge in [0.15, 0.2) is 0 Å². The van der Waals surface area contributed by atoms with Crippen molar-refractivity contribution in [3.63, 3.8) is 0 Å². The lowest BCUT2D eigenvalue weighted by Gasteiger charge is -2.33. The van der Waals surface area contributed by atoms with Crippen LogP contribution < -0.4 is 11.1 Å². The third-order valence-electron chi connectivity index (χ3n) is 4.74. The van der Waals surface area contributed by atoms with Gasteiger partial charge in [-0.3, -0.25) is 9.69 Å². The maximum absolute atomic E-state index is 12.2. The quantitative estimate of drug-likeness (QED) is 0.664. The maximum Gasteiger partial charge on any atom is 0.329 e. The van der Waals surface area contributed by atoms with Crippen molar-refractivity contribution in [2.45, 2.75) is 62.9 Å². The normalized spacial score (nSPS) is 24.2. The molecule has 0 radical (unpaired) electrons. The number of carbonyl (C=O) groups excluding carboxylic acids is 1. The second-order valence-electron chi connectivity index (χ2n) is 6.46. The van der Waals surface area contributed by atoms with Gasteiger partial charge in [-0.2, -0.15) is 0 Å². The molecule has 2 aliphatic rings. The monoisotopic (exact) mass is 297 g/mol. The molecule has 6 nitrogen and oxygen atoms in total. The van der Waals surface area contributed by atoms with E-state index in [-0.39, 0.29) is 18.5 Å². The Morgan fingerprint density at radius 3 is 2.24 bits per heavy atom. The number of carboxylic acids is 1. The lowest BCUT2D eigenvalue weighted by molar-refractivity contribution is -0.148. The molecule has 0 aromatic rings. The third kappa shape index (κ3) is 4.41. The molecule has 120 valence electrons. The molecule has 21 heavy (non-hydrogen) atoms. The van der Waals surface area contributed by atoms with Crippen LogP contribution in [-0.4, -0.2) is 53.1 Å². The molecule has 0 atom stereocenters. The Bertz CT molecular complexity index is 370. The molecule has 4 N–H and O–H groups in total. The Morgan fingerprint density at radius 2 is 1.71 bits per heavy atom. The van der Waals surface area contributed by atoms with Crippen LogP contribution in [0.25, 0.3) is 0 Å². The minimum atomic E-state index is -1.06. The van der Waals surface area contributed by atoms with Crippen LogP contribution in [0.5, 0.6) is 0 Å². The van der Waals surface area contributed by atoms with Crippen LogP contribution in [0.2, 0.25) is 0 Å². The molecule has 1 saturated heterocycles. The second kappa shape index (κ2) is 7.22. The lowest BCUT2D eigenvalue weighted by Crippen LogP contribution is -2.56. The number of piperidine rings is 1. The standard InChI is InChI=1S/C15H27N3O3/c16-12-5-9-18(10-6-12)11-13(19)17-15(14(20)21)7-3-1-2-4-8-15/h12H,1-11,16H2,(H,17,19)(H,20,21). The second-order valence-corrected chi connectivity index (χ2v) is 6.46. The molecule has 6 heteroatoms. The summed E-state index contributed by atoms with van der Waals surface area (Å²) in [5.74, 6) is -1.06. The predicted molar refractivity (Wildman–Crippen MR) is 79.9 cm³/mol. The fourth-order valence-electron chi connectivity index (χ4n) is 3.34. The number of nitrogens with one attached hydrogen (secondary N) is 1. The summed E-state index contributed by atoms with van der Waals surface area (Å²) in [6.45, 7) is 1.91. The average molecular weight is 297 g/mol. The van der Waals surface area contributed by atoms with Gasteiger partial charge >= 0.3 is 5.97 Å². The lowest BCUT2D eigenvalue weighted by atomic mass is 9.90. The van der Waals surface area contributed by atoms with E-state index in [9.17, 15) is 14.7 Å². The van der Waals surface area contributed by atoms with E-state index >= 15 is 0 Å². The summed E-state index contributed by atoms with van der Waals surface area (Å²) >= 11 is 0. The van der Waals surface area contributed by atoms with E-state index in [4.69, 9.17) is 5.73 Å². The predicted octanol–water partition coefficient (Wildman–Crippen LogP) is 0.703. The summed E-state index contributed by atoms with van der Waals surface area (Å²) in [6, 6.07) is 0.233. The first-order valence-electron chi connectivity index (χ1n) is 8.04. The van der Waals surface area contributed by atoms with E-state index in [2.05, 4.69) is 10.2 Å². The molecule has 0 spiro atoms. The molecule has 0 aromatic heterocycles. The number of nitrogens with two attached hydrogens (primary N) is 1. The Labute approximate surface area is 126 Å². The number of hydrogen-bond acceptors (Lipinski definition) is 4. The molecule has 1 heterocycles. The number of amides is 1. The van der Waals surface area contributed by atoms with E-state index in [1.165, 1.54) is 0 Å². The molecule has 1 saturated carbocycles. The summed E-state index contributed by atoms with van der Waals surface area (Å²) < 4.78 is 0. The molecule has 2 rings (SSSR count). The fourth-order valence-corrected chi connectivity index (χ4v) is 3.34. The highest BCUT2D eigenvalue weighted by molar-refractivity contribution is 5.87. The smallest absolute Gasteiger partial charge is 0.329 e. The topological polar surface area (TPSA) is 95.7 Å². The van der Waals surface area contributed by atoms with E-state index < -0.39 is 11.5 Å². The highest BCUT2D eigenvalue weighted by Crippen LogP contribution is 2.27. The first-order chi connectivity index (χ1) is 10.0. The van der Waals surface area contributed by atoms with Gasteiger partial charge in [-0.05, 0) is 25.7 Å². The van der Waals surface area contributed by atoms with Crippen LogP contribution in [0.15, 0.2) is 0 Å². The molecule has 2 fully saturated rings. The van der Waals surface area contributed by atoms with Gasteiger partial charge in [-0.1, -0.05) is 25.7 Å². The summed E-state index contributed by atoms with van der Waals surface area (Å²) in [5.41, 5.74) is 4.79. The van der Waals surface area contributed by atoms with Crippen LogP contribution in [0.1, 0.15) is 51.4 Å². The molecular weight excluding hydrogens is 270 g/mol. The van der Waals surface area contributed by atoms with Crippen LogP contribution in [0, 0.1) is 0 Å². The zero-order chi connectivity index (χ0) is 15.3. The Morgan fingerprint density at radius 1 is 1.14 bits per heavy atom. The van der Waals surface area contributed by atoms with Crippen molar-refractivity contribution in [2.75, 3.05) is 19.6 Å². The van der Waals surface area contributed by atoms with Crippen molar-refractivity contribution < 1.29 is 14.7 Å². The van der Waals surface area contributed by atoms with Gasteiger partial charge in [-0.25, -0.2) is 4.79 Å². The van der Waals surface area contributed by atoms with Gasteiger partial charge in [0.05, 0.1) is 6.54 Å². The summed E-state index contributed by atoms with van der Waals surface area (Å²) in [7, 11) is 0. The SMILES string of the molecule is NC1CCN(CC(=O)NC2(C(=O)O)CCCCCC2)CC1. The van der Waals surface area contributed by atoms with Gasteiger partial charge < -0.3 is 16.2 Å². The number of aliphatic carboxylic acids is 1. The Hall–Kier alpha value is -1.14. The van der Waals surface area contributed by atoms with E-state index in [0.29, 0.717) is 12.8 Å². The first kappa shape index (κ1) is 16.2. The van der Waals surface area contributed by atoms with Crippen molar-refractivity contribution in [3.8, 4) is 0 Å². The number of carbonyl (C=O) groups is 2. The van der Waals surface area contributed by atoms with Crippen molar-refractivity contribution >= 4 is 11.9 Å². The minimum absolute atomic E-state index is 0.172. The van der Waals surface area contributed by atoms with Crippen LogP contribution in [0.3, 0.4) is 0 Å². The average Bonchev–Trinajstić information content (AvgIpc) is 2.68. The largest absolute Gasteiger partial charge is 0.480 e. The Kier molecular flexibility index (Phi) is 5.58. The van der Waals surface area contributed by atoms with Crippen LogP contribution in [-0.2, 0) is 9.59 Å². The van der Waals surface area contributed by atoms with Gasteiger partial charge in [0, 0.05) is 19.1 Å². The number of hydrogen-bond donors (Lipinski definition) is 3. The van der Waals surface area contributed by atoms with E-state index in [1.807, 2.05) is 0 Å². The summed E-state index contributed by atoms with van der Waals surface area (Å²) in [6.07, 6.45) is 6.72. The van der Waals surface area contributed by atoms with E-state index in [1.54, 1.807) is 0 Å². The molecule has 1 aliphatic heterocycles. The molecule has 0 unspecified atom stereocenters. The fraction of sp³-hybridized carbons (Fsp3) is 0.867. The highest BCUT2D eigenvalue weighted by Gasteiger charge is 2.40. The maximum atomic E-state index is 12.2. The number of rotatable bonds is 4. The molecule has 0 aromatic carbocycles. The molecular formula is C15H27N3O3. The summed E-state index contributed by atoms with van der Waals surface area (Å²) in [5, 5.41) is 12.4. The van der Waals surface area contributed by atoms with Crippen molar-refractivity contribution in [2.24, 2.45) is 5.73 Å². The van der Waals surface area contributed by atoms with Crippen LogP contribution >= 0.6 is 0 Å². The molecule has 0 bridgehead atoms. The van der Waals surface area contributed by atoms with Gasteiger partial charge in [0.2, 0.25) is 5.91 Å². The first-order valence-corrected chi connectivity index (χ1v) is 8.04. The number of likely N-dealkylation sites (tertiary alicyclic amines) is 1. The highest BCUT2D eigenvalue weighted by atomic mass is 16.4. The number of nitrogens with zero attached hydrogens (tertiary/aromatic N) is 1. The van der Waals surface area contributed by atoms with Crippen molar-refractivity contribution in [1.82, 2.24) is 10.2 Å². The number of carboxylic acid groups (broad SMARTS) is 1.